The molecule has 0 aliphatic carbocycles. The van der Waals surface area contributed by atoms with Gasteiger partial charge >= 0.3 is 0 Å². The second-order valence-corrected chi connectivity index (χ2v) is 2.88. The molecule has 12 heavy (non-hydrogen) atoms. The van der Waals surface area contributed by atoms with Crippen molar-refractivity contribution in [1.29, 1.82) is 0 Å². The van der Waals surface area contributed by atoms with Crippen LogP contribution in [0.3, 0.4) is 0 Å². The molecule has 1 atom stereocenters. The maximum Gasteiger partial charge on any atom is 0.161 e. The van der Waals surface area contributed by atoms with Gasteiger partial charge in [-0.15, -0.1) is 6.58 Å². The first-order chi connectivity index (χ1) is 5.70. The van der Waals surface area contributed by atoms with Crippen molar-refractivity contribution in [3.63, 3.8) is 0 Å². The third-order valence-electron chi connectivity index (χ3n) is 1.25. The summed E-state index contributed by atoms with van der Waals surface area (Å²) in [5.41, 5.74) is 0. The second kappa shape index (κ2) is 7.32. The van der Waals surface area contributed by atoms with Gasteiger partial charge in [0.25, 0.3) is 0 Å². The highest BCUT2D eigenvalue weighted by Gasteiger charge is 2.09. The summed E-state index contributed by atoms with van der Waals surface area (Å²) in [7, 11) is 0. The van der Waals surface area contributed by atoms with Crippen LogP contribution in [0.25, 0.3) is 0 Å². The number of hydrogen-bond donors (Lipinski definition) is 0. The minimum Gasteiger partial charge on any atom is -0.353 e. The third-order valence-corrected chi connectivity index (χ3v) is 1.25. The fourth-order valence-corrected chi connectivity index (χ4v) is 0.801. The van der Waals surface area contributed by atoms with E-state index in [0.29, 0.717) is 19.1 Å². The summed E-state index contributed by atoms with van der Waals surface area (Å²) in [6, 6.07) is 0. The van der Waals surface area contributed by atoms with E-state index >= 15 is 0 Å². The summed E-state index contributed by atoms with van der Waals surface area (Å²) in [5, 5.41) is 0. The van der Waals surface area contributed by atoms with E-state index in [9.17, 15) is 0 Å². The molecule has 0 rings (SSSR count). The molecule has 0 aromatic rings. The van der Waals surface area contributed by atoms with Crippen LogP contribution in [0.5, 0.6) is 0 Å². The van der Waals surface area contributed by atoms with Crippen molar-refractivity contribution in [3.8, 4) is 0 Å². The highest BCUT2D eigenvalue weighted by atomic mass is 16.7. The Bertz CT molecular complexity index is 110. The first kappa shape index (κ1) is 11.7. The van der Waals surface area contributed by atoms with E-state index in [2.05, 4.69) is 20.4 Å². The molecule has 1 unspecified atom stereocenters. The van der Waals surface area contributed by atoms with Crippen LogP contribution in [0, 0.1) is 12.3 Å². The van der Waals surface area contributed by atoms with Gasteiger partial charge in [-0.25, -0.2) is 0 Å². The van der Waals surface area contributed by atoms with E-state index in [4.69, 9.17) is 9.47 Å². The van der Waals surface area contributed by atoms with Gasteiger partial charge in [0.15, 0.2) is 6.29 Å². The predicted octanol–water partition coefficient (Wildman–Crippen LogP) is 2.41. The monoisotopic (exact) mass is 171 g/mol. The van der Waals surface area contributed by atoms with Crippen LogP contribution in [0.1, 0.15) is 20.8 Å². The van der Waals surface area contributed by atoms with Gasteiger partial charge < -0.3 is 9.47 Å². The van der Waals surface area contributed by atoms with Gasteiger partial charge in [0.2, 0.25) is 0 Å². The molecule has 2 nitrogen and oxygen atoms in total. The quantitative estimate of drug-likeness (QED) is 0.432. The van der Waals surface area contributed by atoms with Crippen molar-refractivity contribution >= 4 is 0 Å². The van der Waals surface area contributed by atoms with E-state index < -0.39 is 0 Å². The molecule has 0 aromatic carbocycles. The van der Waals surface area contributed by atoms with E-state index in [1.165, 1.54) is 0 Å². The zero-order valence-electron chi connectivity index (χ0n) is 8.25. The van der Waals surface area contributed by atoms with Gasteiger partial charge in [-0.1, -0.05) is 19.9 Å². The van der Waals surface area contributed by atoms with Crippen LogP contribution in [-0.2, 0) is 9.47 Å². The Morgan fingerprint density at radius 3 is 2.42 bits per heavy atom. The molecule has 0 spiro atoms. The first-order valence-electron chi connectivity index (χ1n) is 4.39. The standard InChI is InChI=1S/C10H19O2/c1-5-7-12-10(11-6-2)8-9(3)4/h5,8-10H,1,6-7H2,2-4H3. The lowest BCUT2D eigenvalue weighted by atomic mass is 10.1. The molecule has 2 heteroatoms. The molecule has 0 N–H and O–H groups in total. The smallest absolute Gasteiger partial charge is 0.161 e. The van der Waals surface area contributed by atoms with Gasteiger partial charge in [0.1, 0.15) is 0 Å². The zero-order chi connectivity index (χ0) is 9.40. The topological polar surface area (TPSA) is 18.5 Å². The lowest BCUT2D eigenvalue weighted by molar-refractivity contribution is -0.113. The molecule has 1 radical (unpaired) electrons. The maximum atomic E-state index is 5.35. The molecule has 0 saturated heterocycles. The zero-order valence-corrected chi connectivity index (χ0v) is 8.25. The SMILES string of the molecule is C=CCOC([CH]C(C)C)OCC. The Morgan fingerprint density at radius 2 is 2.00 bits per heavy atom. The van der Waals surface area contributed by atoms with Crippen LogP contribution in [0.4, 0.5) is 0 Å². The molecule has 0 saturated carbocycles. The molecule has 0 aliphatic rings. The Morgan fingerprint density at radius 1 is 1.33 bits per heavy atom. The minimum absolute atomic E-state index is 0.187. The Balaban J connectivity index is 3.61. The summed E-state index contributed by atoms with van der Waals surface area (Å²) in [5.74, 6) is 0.478. The number of hydrogen-bond acceptors (Lipinski definition) is 2. The van der Waals surface area contributed by atoms with Gasteiger partial charge in [-0.3, -0.25) is 0 Å². The summed E-state index contributed by atoms with van der Waals surface area (Å²) < 4.78 is 10.7. The van der Waals surface area contributed by atoms with Gasteiger partial charge in [-0.2, -0.15) is 0 Å². The Hall–Kier alpha value is -0.340. The second-order valence-electron chi connectivity index (χ2n) is 2.88. The molecule has 0 bridgehead atoms. The molecule has 0 aliphatic heterocycles. The summed E-state index contributed by atoms with van der Waals surface area (Å²) in [6.07, 6.45) is 3.57. The lowest BCUT2D eigenvalue weighted by Gasteiger charge is -2.18. The fraction of sp³-hybridized carbons (Fsp3) is 0.700. The Labute approximate surface area is 75.6 Å². The fourth-order valence-electron chi connectivity index (χ4n) is 0.801. The summed E-state index contributed by atoms with van der Waals surface area (Å²) >= 11 is 0. The minimum atomic E-state index is -0.187. The molecule has 0 heterocycles. The molecular formula is C10H19O2. The lowest BCUT2D eigenvalue weighted by Crippen LogP contribution is -2.20. The van der Waals surface area contributed by atoms with Crippen LogP contribution in [-0.4, -0.2) is 19.5 Å². The van der Waals surface area contributed by atoms with E-state index in [1.807, 2.05) is 13.3 Å². The van der Waals surface area contributed by atoms with Crippen LogP contribution < -0.4 is 0 Å². The average Bonchev–Trinajstić information content (AvgIpc) is 2.00. The summed E-state index contributed by atoms with van der Waals surface area (Å²) in [4.78, 5) is 0. The van der Waals surface area contributed by atoms with Crippen molar-refractivity contribution < 1.29 is 9.47 Å². The molecule has 0 amide bonds. The molecule has 0 fully saturated rings. The molecular weight excluding hydrogens is 152 g/mol. The van der Waals surface area contributed by atoms with Crippen LogP contribution in [0.15, 0.2) is 12.7 Å². The van der Waals surface area contributed by atoms with Crippen molar-refractivity contribution in [2.24, 2.45) is 5.92 Å². The van der Waals surface area contributed by atoms with Crippen molar-refractivity contribution in [2.75, 3.05) is 13.2 Å². The van der Waals surface area contributed by atoms with Crippen molar-refractivity contribution in [2.45, 2.75) is 27.1 Å². The summed E-state index contributed by atoms with van der Waals surface area (Å²) in [6.45, 7) is 10.9. The number of rotatable bonds is 7. The molecule has 71 valence electrons. The van der Waals surface area contributed by atoms with Crippen molar-refractivity contribution in [3.05, 3.63) is 19.1 Å². The van der Waals surface area contributed by atoms with Crippen LogP contribution in [0.2, 0.25) is 0 Å². The van der Waals surface area contributed by atoms with Crippen molar-refractivity contribution in [1.82, 2.24) is 0 Å². The van der Waals surface area contributed by atoms with Crippen LogP contribution >= 0.6 is 0 Å². The molecule has 0 aromatic heterocycles. The Kier molecular flexibility index (Phi) is 7.11. The first-order valence-corrected chi connectivity index (χ1v) is 4.39. The van der Waals surface area contributed by atoms with E-state index in [1.54, 1.807) is 6.08 Å². The number of ether oxygens (including phenoxy) is 2. The highest BCUT2D eigenvalue weighted by molar-refractivity contribution is 4.75. The highest BCUT2D eigenvalue weighted by Crippen LogP contribution is 2.07. The van der Waals surface area contributed by atoms with Gasteiger partial charge in [0, 0.05) is 13.0 Å². The third kappa shape index (κ3) is 6.38. The van der Waals surface area contributed by atoms with E-state index in [0.717, 1.165) is 0 Å². The maximum absolute atomic E-state index is 5.35. The average molecular weight is 171 g/mol. The predicted molar refractivity (Wildman–Crippen MR) is 50.7 cm³/mol. The van der Waals surface area contributed by atoms with Gasteiger partial charge in [-0.05, 0) is 12.8 Å². The van der Waals surface area contributed by atoms with Gasteiger partial charge in [0.05, 0.1) is 6.61 Å². The van der Waals surface area contributed by atoms with E-state index in [-0.39, 0.29) is 6.29 Å². The largest absolute Gasteiger partial charge is 0.353 e. The normalized spacial score (nSPS) is 13.3.